The summed E-state index contributed by atoms with van der Waals surface area (Å²) < 4.78 is 0. The van der Waals surface area contributed by atoms with E-state index in [1.54, 1.807) is 4.90 Å². The molecule has 3 N–H and O–H groups in total. The van der Waals surface area contributed by atoms with Crippen LogP contribution in [0.5, 0.6) is 0 Å². The van der Waals surface area contributed by atoms with E-state index < -0.39 is 0 Å². The maximum atomic E-state index is 12.4. The lowest BCUT2D eigenvalue weighted by Crippen LogP contribution is -2.47. The lowest BCUT2D eigenvalue weighted by molar-refractivity contribution is 0.0562. The Morgan fingerprint density at radius 3 is 3.09 bits per heavy atom. The molecule has 1 saturated carbocycles. The monoisotopic (exact) mass is 306 g/mol. The number of aromatic nitrogens is 2. The minimum atomic E-state index is -0.257. The summed E-state index contributed by atoms with van der Waals surface area (Å²) in [6.07, 6.45) is 8.46. The van der Waals surface area contributed by atoms with Crippen LogP contribution in [0.1, 0.15) is 43.4 Å². The molecule has 0 saturated heterocycles. The van der Waals surface area contributed by atoms with Crippen molar-refractivity contribution in [3.63, 3.8) is 0 Å². The molecule has 2 amide bonds. The molecule has 2 aliphatic carbocycles. The summed E-state index contributed by atoms with van der Waals surface area (Å²) in [4.78, 5) is 14.1. The first kappa shape index (κ1) is 15.3. The number of H-pyrrole nitrogens is 1. The number of carbonyl (C=O) groups is 1. The van der Waals surface area contributed by atoms with Crippen LogP contribution in [0.25, 0.3) is 0 Å². The smallest absolute Gasteiger partial charge is 0.317 e. The first-order chi connectivity index (χ1) is 10.6. The van der Waals surface area contributed by atoms with Gasteiger partial charge in [0.15, 0.2) is 0 Å². The van der Waals surface area contributed by atoms with Gasteiger partial charge in [0, 0.05) is 31.2 Å². The summed E-state index contributed by atoms with van der Waals surface area (Å²) in [6, 6.07) is 0.144. The third kappa shape index (κ3) is 3.43. The Hall–Kier alpha value is -1.56. The number of aliphatic hydroxyl groups is 1. The highest BCUT2D eigenvalue weighted by molar-refractivity contribution is 5.74. The van der Waals surface area contributed by atoms with E-state index in [2.05, 4.69) is 15.5 Å². The Balaban J connectivity index is 1.49. The molecule has 1 aromatic rings. The molecular weight excluding hydrogens is 280 g/mol. The highest BCUT2D eigenvalue weighted by Crippen LogP contribution is 2.25. The van der Waals surface area contributed by atoms with Gasteiger partial charge in [0.25, 0.3) is 0 Å². The van der Waals surface area contributed by atoms with Gasteiger partial charge in [-0.3, -0.25) is 5.10 Å². The van der Waals surface area contributed by atoms with Crippen molar-refractivity contribution in [3.8, 4) is 0 Å². The topological polar surface area (TPSA) is 81.2 Å². The maximum absolute atomic E-state index is 12.4. The van der Waals surface area contributed by atoms with Crippen LogP contribution in [-0.4, -0.2) is 52.0 Å². The number of urea groups is 1. The number of nitrogens with zero attached hydrogens (tertiary/aromatic N) is 2. The van der Waals surface area contributed by atoms with Crippen molar-refractivity contribution in [3.05, 3.63) is 17.5 Å². The quantitative estimate of drug-likeness (QED) is 0.791. The highest BCUT2D eigenvalue weighted by Gasteiger charge is 2.27. The van der Waals surface area contributed by atoms with Gasteiger partial charge in [-0.15, -0.1) is 0 Å². The fourth-order valence-electron chi connectivity index (χ4n) is 3.66. The Morgan fingerprint density at radius 1 is 1.45 bits per heavy atom. The number of aromatic amines is 1. The van der Waals surface area contributed by atoms with Crippen LogP contribution in [0.4, 0.5) is 4.79 Å². The highest BCUT2D eigenvalue weighted by atomic mass is 16.3. The molecule has 0 spiro atoms. The van der Waals surface area contributed by atoms with E-state index in [0.717, 1.165) is 44.9 Å². The number of fused-ring (bicyclic) bond motifs is 1. The van der Waals surface area contributed by atoms with Crippen LogP contribution in [-0.2, 0) is 12.8 Å². The molecular formula is C16H26N4O2. The van der Waals surface area contributed by atoms with Crippen molar-refractivity contribution < 1.29 is 9.90 Å². The summed E-state index contributed by atoms with van der Waals surface area (Å²) in [5.74, 6) is 0.219. The fourth-order valence-corrected chi connectivity index (χ4v) is 3.66. The summed E-state index contributed by atoms with van der Waals surface area (Å²) in [6.45, 7) is 0.636. The van der Waals surface area contributed by atoms with E-state index in [0.29, 0.717) is 6.54 Å². The largest absolute Gasteiger partial charge is 0.393 e. The molecule has 0 radical (unpaired) electrons. The number of rotatable bonds is 3. The van der Waals surface area contributed by atoms with Crippen molar-refractivity contribution in [1.29, 1.82) is 0 Å². The summed E-state index contributed by atoms with van der Waals surface area (Å²) in [7, 11) is 1.82. The molecule has 3 atom stereocenters. The molecule has 1 aromatic heterocycles. The lowest BCUT2D eigenvalue weighted by Gasteiger charge is -2.32. The van der Waals surface area contributed by atoms with Gasteiger partial charge in [-0.2, -0.15) is 5.10 Å². The molecule has 1 heterocycles. The van der Waals surface area contributed by atoms with Gasteiger partial charge in [0.2, 0.25) is 0 Å². The van der Waals surface area contributed by atoms with Crippen molar-refractivity contribution >= 4 is 6.03 Å². The van der Waals surface area contributed by atoms with Gasteiger partial charge in [0.05, 0.1) is 12.3 Å². The van der Waals surface area contributed by atoms with E-state index in [9.17, 15) is 9.90 Å². The second kappa shape index (κ2) is 6.69. The lowest BCUT2D eigenvalue weighted by atomic mass is 9.86. The molecule has 0 aromatic carbocycles. The molecule has 2 aliphatic rings. The van der Waals surface area contributed by atoms with Crippen molar-refractivity contribution in [2.45, 2.75) is 57.1 Å². The fraction of sp³-hybridized carbons (Fsp3) is 0.750. The second-order valence-corrected chi connectivity index (χ2v) is 6.76. The van der Waals surface area contributed by atoms with Crippen LogP contribution in [0.2, 0.25) is 0 Å². The normalized spacial score (nSPS) is 28.0. The third-order valence-electron chi connectivity index (χ3n) is 5.07. The number of carbonyl (C=O) groups excluding carboxylic acids is 1. The molecule has 122 valence electrons. The van der Waals surface area contributed by atoms with Crippen LogP contribution in [0.15, 0.2) is 6.20 Å². The third-order valence-corrected chi connectivity index (χ3v) is 5.07. The number of hydrogen-bond acceptors (Lipinski definition) is 3. The molecule has 3 unspecified atom stereocenters. The number of aryl methyl sites for hydroxylation is 1. The van der Waals surface area contributed by atoms with E-state index in [1.807, 2.05) is 13.2 Å². The van der Waals surface area contributed by atoms with Crippen LogP contribution < -0.4 is 5.32 Å². The molecule has 22 heavy (non-hydrogen) atoms. The molecule has 0 aliphatic heterocycles. The predicted molar refractivity (Wildman–Crippen MR) is 83.5 cm³/mol. The Labute approximate surface area is 131 Å². The number of amides is 2. The molecule has 0 bridgehead atoms. The van der Waals surface area contributed by atoms with Gasteiger partial charge in [0.1, 0.15) is 0 Å². The van der Waals surface area contributed by atoms with E-state index in [4.69, 9.17) is 0 Å². The van der Waals surface area contributed by atoms with Gasteiger partial charge >= 0.3 is 6.03 Å². The van der Waals surface area contributed by atoms with Gasteiger partial charge in [-0.1, -0.05) is 12.8 Å². The number of aliphatic hydroxyl groups excluding tert-OH is 1. The molecule has 6 heteroatoms. The van der Waals surface area contributed by atoms with E-state index in [-0.39, 0.29) is 24.1 Å². The summed E-state index contributed by atoms with van der Waals surface area (Å²) in [5.41, 5.74) is 2.41. The molecule has 6 nitrogen and oxygen atoms in total. The zero-order valence-corrected chi connectivity index (χ0v) is 13.2. The number of hydrogen-bond donors (Lipinski definition) is 3. The summed E-state index contributed by atoms with van der Waals surface area (Å²) in [5, 5.41) is 20.2. The first-order valence-electron chi connectivity index (χ1n) is 8.34. The second-order valence-electron chi connectivity index (χ2n) is 6.76. The first-order valence-corrected chi connectivity index (χ1v) is 8.34. The number of nitrogens with one attached hydrogen (secondary N) is 2. The van der Waals surface area contributed by atoms with Gasteiger partial charge in [-0.05, 0) is 37.7 Å². The summed E-state index contributed by atoms with van der Waals surface area (Å²) >= 11 is 0. The van der Waals surface area contributed by atoms with E-state index in [1.165, 1.54) is 11.3 Å². The van der Waals surface area contributed by atoms with Gasteiger partial charge < -0.3 is 15.3 Å². The zero-order chi connectivity index (χ0) is 15.5. The average Bonchev–Trinajstić information content (AvgIpc) is 2.97. The Kier molecular flexibility index (Phi) is 4.66. The van der Waals surface area contributed by atoms with Crippen molar-refractivity contribution in [1.82, 2.24) is 20.4 Å². The van der Waals surface area contributed by atoms with Gasteiger partial charge in [-0.25, -0.2) is 4.79 Å². The maximum Gasteiger partial charge on any atom is 0.317 e. The SMILES string of the molecule is CN(CC1CCCCC1O)C(=O)NC1CCc2[nH]ncc2C1. The standard InChI is InChI=1S/C16H26N4O2/c1-20(10-11-4-2-3-5-15(11)21)16(22)18-13-6-7-14-12(8-13)9-17-19-14/h9,11,13,15,21H,2-8,10H2,1H3,(H,17,19)(H,18,22). The van der Waals surface area contributed by atoms with Crippen LogP contribution >= 0.6 is 0 Å². The van der Waals surface area contributed by atoms with Crippen LogP contribution in [0, 0.1) is 5.92 Å². The predicted octanol–water partition coefficient (Wildman–Crippen LogP) is 1.46. The molecule has 3 rings (SSSR count). The minimum absolute atomic E-state index is 0.0327. The Bertz CT molecular complexity index is 516. The van der Waals surface area contributed by atoms with Crippen LogP contribution in [0.3, 0.4) is 0 Å². The van der Waals surface area contributed by atoms with E-state index >= 15 is 0 Å². The average molecular weight is 306 g/mol. The van der Waals surface area contributed by atoms with Crippen molar-refractivity contribution in [2.75, 3.05) is 13.6 Å². The van der Waals surface area contributed by atoms with Crippen molar-refractivity contribution in [2.24, 2.45) is 5.92 Å². The Morgan fingerprint density at radius 2 is 2.27 bits per heavy atom. The zero-order valence-electron chi connectivity index (χ0n) is 13.2. The minimum Gasteiger partial charge on any atom is -0.393 e. The molecule has 1 fully saturated rings.